The molecule has 168 valence electrons. The van der Waals surface area contributed by atoms with Gasteiger partial charge in [-0.05, 0) is 13.0 Å². The van der Waals surface area contributed by atoms with Crippen molar-refractivity contribution in [2.24, 2.45) is 0 Å². The maximum atomic E-state index is 13.3. The molecule has 0 amide bonds. The van der Waals surface area contributed by atoms with Gasteiger partial charge >= 0.3 is 0 Å². The summed E-state index contributed by atoms with van der Waals surface area (Å²) in [5, 5.41) is 44.3. The maximum absolute atomic E-state index is 13.3. The fourth-order valence-corrected chi connectivity index (χ4v) is 5.07. The Bertz CT molecular complexity index is 1180. The van der Waals surface area contributed by atoms with E-state index >= 15 is 0 Å². The van der Waals surface area contributed by atoms with E-state index in [1.807, 2.05) is 0 Å². The molecular formula is C23H22O9. The van der Waals surface area contributed by atoms with Gasteiger partial charge in [0, 0.05) is 29.5 Å². The van der Waals surface area contributed by atoms with Crippen molar-refractivity contribution in [2.75, 3.05) is 20.3 Å². The van der Waals surface area contributed by atoms with Gasteiger partial charge in [-0.1, -0.05) is 12.1 Å². The standard InChI is InChI=1S/C23H22O9/c1-22(31-6-7-32-22)23(29)8-11-14(12(24)9-23)20(27)17-16(19(11)26)18(25)10-4-3-5-13(30-2)15(10)21(17)28/h3-5,12,24,26-27,29H,6-9H2,1-2H3. The number of aliphatic hydroxyl groups is 2. The second-order valence-electron chi connectivity index (χ2n) is 8.45. The summed E-state index contributed by atoms with van der Waals surface area (Å²) in [6.07, 6.45) is -1.99. The van der Waals surface area contributed by atoms with E-state index in [0.29, 0.717) is 0 Å². The molecule has 32 heavy (non-hydrogen) atoms. The number of fused-ring (bicyclic) bond motifs is 3. The lowest BCUT2D eigenvalue weighted by Crippen LogP contribution is -2.57. The highest BCUT2D eigenvalue weighted by Gasteiger charge is 2.56. The predicted molar refractivity (Wildman–Crippen MR) is 108 cm³/mol. The summed E-state index contributed by atoms with van der Waals surface area (Å²) in [5.41, 5.74) is -2.66. The van der Waals surface area contributed by atoms with E-state index in [4.69, 9.17) is 14.2 Å². The number of phenolic OH excluding ortho intramolecular Hbond substituents is 2. The molecule has 0 aromatic heterocycles. The molecule has 2 aliphatic carbocycles. The van der Waals surface area contributed by atoms with Gasteiger partial charge in [0.25, 0.3) is 0 Å². The minimum absolute atomic E-state index is 0.0239. The second-order valence-corrected chi connectivity index (χ2v) is 8.45. The van der Waals surface area contributed by atoms with Crippen molar-refractivity contribution >= 4 is 11.6 Å². The average molecular weight is 442 g/mol. The number of rotatable bonds is 2. The number of phenols is 2. The molecule has 1 heterocycles. The summed E-state index contributed by atoms with van der Waals surface area (Å²) in [6.45, 7) is 2.02. The van der Waals surface area contributed by atoms with Crippen LogP contribution in [-0.2, 0) is 15.9 Å². The first-order valence-electron chi connectivity index (χ1n) is 10.2. The third-order valence-electron chi connectivity index (χ3n) is 6.78. The summed E-state index contributed by atoms with van der Waals surface area (Å²) in [5.74, 6) is -3.85. The van der Waals surface area contributed by atoms with Crippen LogP contribution in [0.1, 0.15) is 62.4 Å². The lowest BCUT2D eigenvalue weighted by atomic mass is 9.70. The fraction of sp³-hybridized carbons (Fsp3) is 0.391. The maximum Gasteiger partial charge on any atom is 0.202 e. The summed E-state index contributed by atoms with van der Waals surface area (Å²) < 4.78 is 16.4. The van der Waals surface area contributed by atoms with E-state index in [1.54, 1.807) is 6.07 Å². The van der Waals surface area contributed by atoms with Gasteiger partial charge in [0.1, 0.15) is 22.8 Å². The lowest BCUT2D eigenvalue weighted by molar-refractivity contribution is -0.269. The highest BCUT2D eigenvalue weighted by molar-refractivity contribution is 6.31. The molecule has 1 aliphatic heterocycles. The normalized spacial score (nSPS) is 25.8. The number of benzene rings is 2. The third kappa shape index (κ3) is 2.53. The number of aromatic hydroxyl groups is 2. The van der Waals surface area contributed by atoms with Crippen LogP contribution < -0.4 is 4.74 Å². The Balaban J connectivity index is 1.73. The van der Waals surface area contributed by atoms with Crippen LogP contribution in [0.25, 0.3) is 0 Å². The molecule has 0 saturated carbocycles. The van der Waals surface area contributed by atoms with E-state index in [9.17, 15) is 30.0 Å². The van der Waals surface area contributed by atoms with Gasteiger partial charge in [0.15, 0.2) is 11.6 Å². The van der Waals surface area contributed by atoms with Crippen molar-refractivity contribution in [3.05, 3.63) is 51.6 Å². The molecule has 4 N–H and O–H groups in total. The van der Waals surface area contributed by atoms with E-state index in [2.05, 4.69) is 0 Å². The van der Waals surface area contributed by atoms with Crippen LogP contribution in [0.3, 0.4) is 0 Å². The Morgan fingerprint density at radius 1 is 1.03 bits per heavy atom. The van der Waals surface area contributed by atoms with Gasteiger partial charge < -0.3 is 34.6 Å². The molecule has 9 nitrogen and oxygen atoms in total. The molecule has 1 fully saturated rings. The first kappa shape index (κ1) is 20.9. The SMILES string of the molecule is COc1cccc2c1C(=O)c1c(O)c3c(c(O)c1C2=O)CC(O)(C1(C)OCCO1)CC3O. The topological polar surface area (TPSA) is 143 Å². The smallest absolute Gasteiger partial charge is 0.202 e. The van der Waals surface area contributed by atoms with Crippen molar-refractivity contribution in [1.29, 1.82) is 0 Å². The average Bonchev–Trinajstić information content (AvgIpc) is 3.22. The predicted octanol–water partition coefficient (Wildman–Crippen LogP) is 1.36. The third-order valence-corrected chi connectivity index (χ3v) is 6.78. The van der Waals surface area contributed by atoms with Crippen molar-refractivity contribution < 1.29 is 44.2 Å². The molecule has 2 aromatic rings. The molecule has 0 bridgehead atoms. The van der Waals surface area contributed by atoms with E-state index < -0.39 is 46.1 Å². The largest absolute Gasteiger partial charge is 0.507 e. The Kier molecular flexibility index (Phi) is 4.41. The zero-order valence-electron chi connectivity index (χ0n) is 17.5. The van der Waals surface area contributed by atoms with Gasteiger partial charge in [-0.25, -0.2) is 0 Å². The number of aliphatic hydroxyl groups excluding tert-OH is 1. The molecule has 3 aliphatic rings. The van der Waals surface area contributed by atoms with Gasteiger partial charge in [0.05, 0.1) is 43.1 Å². The van der Waals surface area contributed by atoms with Crippen molar-refractivity contribution in [3.63, 3.8) is 0 Å². The highest BCUT2D eigenvalue weighted by Crippen LogP contribution is 2.53. The minimum Gasteiger partial charge on any atom is -0.507 e. The van der Waals surface area contributed by atoms with Crippen LogP contribution in [-0.4, -0.2) is 63.7 Å². The van der Waals surface area contributed by atoms with Crippen LogP contribution in [0.15, 0.2) is 18.2 Å². The zero-order valence-corrected chi connectivity index (χ0v) is 17.5. The van der Waals surface area contributed by atoms with Crippen LogP contribution in [0, 0.1) is 0 Å². The second kappa shape index (κ2) is 6.76. The number of ether oxygens (including phenoxy) is 3. The van der Waals surface area contributed by atoms with E-state index in [1.165, 1.54) is 26.2 Å². The van der Waals surface area contributed by atoms with Crippen LogP contribution >= 0.6 is 0 Å². The molecule has 2 unspecified atom stereocenters. The van der Waals surface area contributed by atoms with Gasteiger partial charge in [-0.2, -0.15) is 0 Å². The van der Waals surface area contributed by atoms with Gasteiger partial charge in [0.2, 0.25) is 5.78 Å². The molecular weight excluding hydrogens is 420 g/mol. The van der Waals surface area contributed by atoms with Crippen LogP contribution in [0.2, 0.25) is 0 Å². The number of carbonyl (C=O) groups is 2. The quantitative estimate of drug-likeness (QED) is 0.433. The molecule has 5 rings (SSSR count). The molecule has 0 radical (unpaired) electrons. The number of hydrogen-bond acceptors (Lipinski definition) is 9. The summed E-state index contributed by atoms with van der Waals surface area (Å²) in [7, 11) is 1.35. The molecule has 2 atom stereocenters. The Morgan fingerprint density at radius 2 is 1.69 bits per heavy atom. The minimum atomic E-state index is -1.75. The Morgan fingerprint density at radius 3 is 2.34 bits per heavy atom. The first-order valence-corrected chi connectivity index (χ1v) is 10.2. The number of hydrogen-bond donors (Lipinski definition) is 4. The summed E-state index contributed by atoms with van der Waals surface area (Å²) in [6, 6.07) is 4.49. The molecule has 0 spiro atoms. The van der Waals surface area contributed by atoms with Gasteiger partial charge in [-0.3, -0.25) is 9.59 Å². The first-order chi connectivity index (χ1) is 15.1. The van der Waals surface area contributed by atoms with Crippen LogP contribution in [0.5, 0.6) is 17.2 Å². The lowest BCUT2D eigenvalue weighted by Gasteiger charge is -2.45. The van der Waals surface area contributed by atoms with Crippen molar-refractivity contribution in [3.8, 4) is 17.2 Å². The fourth-order valence-electron chi connectivity index (χ4n) is 5.07. The molecule has 1 saturated heterocycles. The Labute approximate surface area is 182 Å². The van der Waals surface area contributed by atoms with Crippen molar-refractivity contribution in [2.45, 2.75) is 37.3 Å². The zero-order chi connectivity index (χ0) is 23.0. The van der Waals surface area contributed by atoms with Crippen molar-refractivity contribution in [1.82, 2.24) is 0 Å². The van der Waals surface area contributed by atoms with Crippen LogP contribution in [0.4, 0.5) is 0 Å². The number of ketones is 2. The number of methoxy groups -OCH3 is 1. The van der Waals surface area contributed by atoms with E-state index in [0.717, 1.165) is 0 Å². The summed E-state index contributed by atoms with van der Waals surface area (Å²) >= 11 is 0. The monoisotopic (exact) mass is 442 g/mol. The van der Waals surface area contributed by atoms with Gasteiger partial charge in [-0.15, -0.1) is 0 Å². The Hall–Kier alpha value is -2.98. The molecule has 9 heteroatoms. The highest BCUT2D eigenvalue weighted by atomic mass is 16.7. The number of carbonyl (C=O) groups excluding carboxylic acids is 2. The van der Waals surface area contributed by atoms with E-state index in [-0.39, 0.29) is 59.6 Å². The molecule has 2 aromatic carbocycles. The summed E-state index contributed by atoms with van der Waals surface area (Å²) in [4.78, 5) is 26.6.